The normalized spacial score (nSPS) is 12.8. The van der Waals surface area contributed by atoms with Gasteiger partial charge in [0.05, 0.1) is 23.0 Å². The second-order valence-electron chi connectivity index (χ2n) is 12.2. The van der Waals surface area contributed by atoms with Crippen molar-refractivity contribution in [3.05, 3.63) is 156 Å². The minimum Gasteiger partial charge on any atom is -0.228 e. The van der Waals surface area contributed by atoms with Crippen molar-refractivity contribution in [2.75, 3.05) is 0 Å². The number of nitriles is 1. The largest absolute Gasteiger partial charge is 0.228 e. The van der Waals surface area contributed by atoms with E-state index in [1.54, 1.807) is 0 Å². The van der Waals surface area contributed by atoms with E-state index in [1.165, 1.54) is 38.8 Å². The van der Waals surface area contributed by atoms with Gasteiger partial charge in [0.15, 0.2) is 5.82 Å². The quantitative estimate of drug-likeness (QED) is 0.210. The molecule has 212 valence electrons. The van der Waals surface area contributed by atoms with E-state index in [0.29, 0.717) is 11.4 Å². The van der Waals surface area contributed by atoms with E-state index in [4.69, 9.17) is 9.97 Å². The molecule has 3 nitrogen and oxygen atoms in total. The molecule has 8 rings (SSSR count). The first-order valence-corrected chi connectivity index (χ1v) is 15.2. The molecule has 7 aromatic rings. The molecule has 0 fully saturated rings. The lowest BCUT2D eigenvalue weighted by Crippen LogP contribution is -2.14. The fourth-order valence-electron chi connectivity index (χ4n) is 6.81. The Labute approximate surface area is 263 Å². The summed E-state index contributed by atoms with van der Waals surface area (Å²) in [4.78, 5) is 10.1. The summed E-state index contributed by atoms with van der Waals surface area (Å²) in [6.45, 7) is 4.65. The van der Waals surface area contributed by atoms with Gasteiger partial charge in [-0.3, -0.25) is 0 Å². The van der Waals surface area contributed by atoms with Crippen LogP contribution in [0.4, 0.5) is 0 Å². The lowest BCUT2D eigenvalue weighted by molar-refractivity contribution is 0.660. The van der Waals surface area contributed by atoms with Crippen molar-refractivity contribution in [2.24, 2.45) is 0 Å². The molecule has 0 unspecified atom stereocenters. The highest BCUT2D eigenvalue weighted by Gasteiger charge is 2.35. The first-order valence-electron chi connectivity index (χ1n) is 15.2. The molecule has 0 bridgehead atoms. The summed E-state index contributed by atoms with van der Waals surface area (Å²) in [7, 11) is 0. The summed E-state index contributed by atoms with van der Waals surface area (Å²) in [5, 5.41) is 11.7. The van der Waals surface area contributed by atoms with Gasteiger partial charge in [0.25, 0.3) is 0 Å². The van der Waals surface area contributed by atoms with Gasteiger partial charge in [-0.1, -0.05) is 129 Å². The SMILES string of the molecule is CC1(C)c2ccccc2-c2ccc(-c3ccc(-c4cc(-c5ccc(C#N)cc5)nc(-c5ccccc5)n4)c4ccccc34)cc21. The summed E-state index contributed by atoms with van der Waals surface area (Å²) in [6, 6.07) is 50.7. The van der Waals surface area contributed by atoms with Gasteiger partial charge in [0.1, 0.15) is 0 Å². The molecule has 3 heteroatoms. The van der Waals surface area contributed by atoms with Gasteiger partial charge in [-0.15, -0.1) is 0 Å². The summed E-state index contributed by atoms with van der Waals surface area (Å²) < 4.78 is 0. The molecule has 0 amide bonds. The maximum Gasteiger partial charge on any atom is 0.160 e. The topological polar surface area (TPSA) is 49.6 Å². The lowest BCUT2D eigenvalue weighted by atomic mass is 9.81. The smallest absolute Gasteiger partial charge is 0.160 e. The molecule has 1 aliphatic carbocycles. The zero-order chi connectivity index (χ0) is 30.5. The van der Waals surface area contributed by atoms with Gasteiger partial charge in [0, 0.05) is 22.1 Å². The number of aromatic nitrogens is 2. The summed E-state index contributed by atoms with van der Waals surface area (Å²) in [5.74, 6) is 0.668. The third kappa shape index (κ3) is 4.42. The van der Waals surface area contributed by atoms with Crippen molar-refractivity contribution < 1.29 is 0 Å². The van der Waals surface area contributed by atoms with Crippen LogP contribution in [-0.2, 0) is 5.41 Å². The predicted octanol–water partition coefficient (Wildman–Crippen LogP) is 10.5. The number of fused-ring (bicyclic) bond motifs is 4. The molecule has 0 N–H and O–H groups in total. The van der Waals surface area contributed by atoms with E-state index in [9.17, 15) is 5.26 Å². The van der Waals surface area contributed by atoms with Gasteiger partial charge in [-0.25, -0.2) is 9.97 Å². The van der Waals surface area contributed by atoms with E-state index in [1.807, 2.05) is 54.6 Å². The fraction of sp³-hybridized carbons (Fsp3) is 0.0714. The number of nitrogens with zero attached hydrogens (tertiary/aromatic N) is 3. The Bertz CT molecular complexity index is 2290. The Hall–Kier alpha value is -5.85. The molecular formula is C42H29N3. The van der Waals surface area contributed by atoms with Gasteiger partial charge in [-0.2, -0.15) is 5.26 Å². The first-order chi connectivity index (χ1) is 22.0. The maximum atomic E-state index is 9.33. The van der Waals surface area contributed by atoms with Gasteiger partial charge in [0.2, 0.25) is 0 Å². The molecule has 1 heterocycles. The molecule has 0 saturated heterocycles. The van der Waals surface area contributed by atoms with Crippen molar-refractivity contribution in [3.63, 3.8) is 0 Å². The van der Waals surface area contributed by atoms with Gasteiger partial charge >= 0.3 is 0 Å². The third-order valence-electron chi connectivity index (χ3n) is 9.16. The number of benzene rings is 6. The van der Waals surface area contributed by atoms with Crippen LogP contribution >= 0.6 is 0 Å². The van der Waals surface area contributed by atoms with E-state index in [2.05, 4.69) is 105 Å². The van der Waals surface area contributed by atoms with Crippen molar-refractivity contribution >= 4 is 10.8 Å². The average Bonchev–Trinajstić information content (AvgIpc) is 3.33. The standard InChI is InChI=1S/C42H29N3/c1-42(2)37-15-9-8-14-34(37)35-21-20-30(24-38(35)42)31-22-23-36(33-13-7-6-12-32(31)33)40-25-39(28-18-16-27(26-43)17-19-28)44-41(45-40)29-10-4-3-5-11-29/h3-25H,1-2H3. The minimum absolute atomic E-state index is 0.0612. The molecule has 0 saturated carbocycles. The van der Waals surface area contributed by atoms with Crippen LogP contribution in [-0.4, -0.2) is 9.97 Å². The van der Waals surface area contributed by atoms with Gasteiger partial charge in [-0.05, 0) is 68.4 Å². The molecular weight excluding hydrogens is 546 g/mol. The molecule has 45 heavy (non-hydrogen) atoms. The lowest BCUT2D eigenvalue weighted by Gasteiger charge is -2.22. The highest BCUT2D eigenvalue weighted by Crippen LogP contribution is 2.50. The van der Waals surface area contributed by atoms with Crippen LogP contribution in [0.3, 0.4) is 0 Å². The van der Waals surface area contributed by atoms with Crippen LogP contribution in [0.5, 0.6) is 0 Å². The van der Waals surface area contributed by atoms with E-state index in [-0.39, 0.29) is 5.41 Å². The van der Waals surface area contributed by atoms with Crippen molar-refractivity contribution in [1.82, 2.24) is 9.97 Å². The van der Waals surface area contributed by atoms with Crippen molar-refractivity contribution in [2.45, 2.75) is 19.3 Å². The number of hydrogen-bond donors (Lipinski definition) is 0. The van der Waals surface area contributed by atoms with Crippen molar-refractivity contribution in [1.29, 1.82) is 5.26 Å². The monoisotopic (exact) mass is 575 g/mol. The van der Waals surface area contributed by atoms with Crippen LogP contribution in [0.15, 0.2) is 140 Å². The Morgan fingerprint density at radius 3 is 1.87 bits per heavy atom. The fourth-order valence-corrected chi connectivity index (χ4v) is 6.81. The summed E-state index contributed by atoms with van der Waals surface area (Å²) in [5.41, 5.74) is 13.0. The summed E-state index contributed by atoms with van der Waals surface area (Å²) >= 11 is 0. The second kappa shape index (κ2) is 10.4. The minimum atomic E-state index is -0.0612. The van der Waals surface area contributed by atoms with Crippen LogP contribution in [0, 0.1) is 11.3 Å². The molecule has 0 spiro atoms. The van der Waals surface area contributed by atoms with Crippen LogP contribution in [0.2, 0.25) is 0 Å². The van der Waals surface area contributed by atoms with Crippen LogP contribution in [0.1, 0.15) is 30.5 Å². The zero-order valence-corrected chi connectivity index (χ0v) is 25.1. The summed E-state index contributed by atoms with van der Waals surface area (Å²) in [6.07, 6.45) is 0. The van der Waals surface area contributed by atoms with Crippen molar-refractivity contribution in [3.8, 4) is 62.2 Å². The third-order valence-corrected chi connectivity index (χ3v) is 9.16. The molecule has 1 aliphatic rings. The Morgan fingerprint density at radius 1 is 0.489 bits per heavy atom. The van der Waals surface area contributed by atoms with Crippen LogP contribution in [0.25, 0.3) is 66.9 Å². The molecule has 1 aromatic heterocycles. The molecule has 0 aliphatic heterocycles. The van der Waals surface area contributed by atoms with E-state index < -0.39 is 0 Å². The van der Waals surface area contributed by atoms with E-state index in [0.717, 1.165) is 33.5 Å². The highest BCUT2D eigenvalue weighted by atomic mass is 14.9. The first kappa shape index (κ1) is 26.8. The Balaban J connectivity index is 1.30. The highest BCUT2D eigenvalue weighted by molar-refractivity contribution is 6.05. The second-order valence-corrected chi connectivity index (χ2v) is 12.2. The number of rotatable bonds is 4. The van der Waals surface area contributed by atoms with E-state index >= 15 is 0 Å². The van der Waals surface area contributed by atoms with Gasteiger partial charge < -0.3 is 0 Å². The number of hydrogen-bond acceptors (Lipinski definition) is 3. The predicted molar refractivity (Wildman–Crippen MR) is 184 cm³/mol. The average molecular weight is 576 g/mol. The zero-order valence-electron chi connectivity index (χ0n) is 25.1. The van der Waals surface area contributed by atoms with Crippen LogP contribution < -0.4 is 0 Å². The Kier molecular flexibility index (Phi) is 6.18. The molecule has 0 radical (unpaired) electrons. The maximum absolute atomic E-state index is 9.33. The molecule has 0 atom stereocenters. The molecule has 6 aromatic carbocycles. The Morgan fingerprint density at radius 2 is 1.09 bits per heavy atom.